The van der Waals surface area contributed by atoms with Gasteiger partial charge in [-0.25, -0.2) is 4.79 Å². The van der Waals surface area contributed by atoms with Gasteiger partial charge < -0.3 is 9.47 Å². The maximum Gasteiger partial charge on any atom is 0.333 e. The van der Waals surface area contributed by atoms with Crippen LogP contribution in [0.3, 0.4) is 0 Å². The van der Waals surface area contributed by atoms with Crippen molar-refractivity contribution in [2.75, 3.05) is 6.61 Å². The van der Waals surface area contributed by atoms with Gasteiger partial charge in [-0.1, -0.05) is 27.4 Å². The van der Waals surface area contributed by atoms with E-state index in [9.17, 15) is 9.59 Å². The highest BCUT2D eigenvalue weighted by Gasteiger charge is 2.62. The minimum Gasteiger partial charge on any atom is -0.462 e. The van der Waals surface area contributed by atoms with Gasteiger partial charge in [-0.15, -0.1) is 0 Å². The Balaban J connectivity index is 1.82. The summed E-state index contributed by atoms with van der Waals surface area (Å²) in [7, 11) is 0. The number of fused-ring (bicyclic) bond motifs is 2. The van der Waals surface area contributed by atoms with E-state index in [0.29, 0.717) is 11.5 Å². The Bertz CT molecular complexity index is 465. The fraction of sp³-hybridized carbons (Fsp3) is 0.765. The molecule has 0 spiro atoms. The van der Waals surface area contributed by atoms with Gasteiger partial charge >= 0.3 is 11.9 Å². The maximum atomic E-state index is 11.9. The standard InChI is InChI=1S/C17H26O4/c1-11(2)15(19)20-9-7-14(18)21-13-10-12-6-8-17(13,5)16(12,3)4/h12-13H,1,6-10H2,2-5H3. The van der Waals surface area contributed by atoms with Crippen molar-refractivity contribution in [2.24, 2.45) is 16.7 Å². The molecule has 118 valence electrons. The van der Waals surface area contributed by atoms with Crippen LogP contribution in [0.25, 0.3) is 0 Å². The number of ether oxygens (including phenoxy) is 2. The first kappa shape index (κ1) is 16.1. The summed E-state index contributed by atoms with van der Waals surface area (Å²) in [5, 5.41) is 0. The maximum absolute atomic E-state index is 11.9. The molecule has 0 aromatic rings. The number of rotatable bonds is 5. The SMILES string of the molecule is C=C(C)C(=O)OCCC(=O)OC1CC2CCC1(C)C2(C)C. The zero-order chi connectivity index (χ0) is 15.8. The zero-order valence-corrected chi connectivity index (χ0v) is 13.5. The number of esters is 2. The van der Waals surface area contributed by atoms with Crippen LogP contribution in [0.15, 0.2) is 12.2 Å². The van der Waals surface area contributed by atoms with E-state index in [1.165, 1.54) is 6.42 Å². The first-order valence-electron chi connectivity index (χ1n) is 7.70. The predicted octanol–water partition coefficient (Wildman–Crippen LogP) is 3.25. The lowest BCUT2D eigenvalue weighted by molar-refractivity contribution is -0.158. The molecule has 0 amide bonds. The predicted molar refractivity (Wildman–Crippen MR) is 79.5 cm³/mol. The molecule has 0 aromatic carbocycles. The highest BCUT2D eigenvalue weighted by Crippen LogP contribution is 2.66. The second-order valence-electron chi connectivity index (χ2n) is 7.26. The molecule has 4 heteroatoms. The molecule has 3 atom stereocenters. The van der Waals surface area contributed by atoms with Crippen molar-refractivity contribution in [1.29, 1.82) is 0 Å². The second kappa shape index (κ2) is 5.47. The van der Waals surface area contributed by atoms with Crippen LogP contribution in [0.4, 0.5) is 0 Å². The number of hydrogen-bond acceptors (Lipinski definition) is 4. The molecule has 2 rings (SSSR count). The lowest BCUT2D eigenvalue weighted by Crippen LogP contribution is -2.38. The Morgan fingerprint density at radius 2 is 1.95 bits per heavy atom. The summed E-state index contributed by atoms with van der Waals surface area (Å²) in [5.74, 6) is -0.101. The fourth-order valence-electron chi connectivity index (χ4n) is 3.88. The van der Waals surface area contributed by atoms with Gasteiger partial charge in [0.15, 0.2) is 0 Å². The van der Waals surface area contributed by atoms with Crippen molar-refractivity contribution in [3.63, 3.8) is 0 Å². The zero-order valence-electron chi connectivity index (χ0n) is 13.5. The van der Waals surface area contributed by atoms with E-state index in [-0.39, 0.29) is 35.9 Å². The summed E-state index contributed by atoms with van der Waals surface area (Å²) in [6, 6.07) is 0. The molecular weight excluding hydrogens is 268 g/mol. The summed E-state index contributed by atoms with van der Waals surface area (Å²) in [6.07, 6.45) is 3.41. The highest BCUT2D eigenvalue weighted by molar-refractivity contribution is 5.87. The van der Waals surface area contributed by atoms with Gasteiger partial charge in [-0.05, 0) is 37.5 Å². The van der Waals surface area contributed by atoms with E-state index in [2.05, 4.69) is 27.4 Å². The first-order valence-corrected chi connectivity index (χ1v) is 7.70. The molecule has 0 aliphatic heterocycles. The monoisotopic (exact) mass is 294 g/mol. The highest BCUT2D eigenvalue weighted by atomic mass is 16.6. The van der Waals surface area contributed by atoms with Gasteiger partial charge in [0.1, 0.15) is 12.7 Å². The van der Waals surface area contributed by atoms with E-state index in [0.717, 1.165) is 12.8 Å². The molecule has 0 radical (unpaired) electrons. The fourth-order valence-corrected chi connectivity index (χ4v) is 3.88. The van der Waals surface area contributed by atoms with Crippen LogP contribution in [-0.4, -0.2) is 24.6 Å². The van der Waals surface area contributed by atoms with Crippen LogP contribution >= 0.6 is 0 Å². The molecule has 2 bridgehead atoms. The molecule has 3 unspecified atom stereocenters. The first-order chi connectivity index (χ1) is 9.68. The molecule has 0 saturated heterocycles. The molecule has 21 heavy (non-hydrogen) atoms. The summed E-state index contributed by atoms with van der Waals surface area (Å²) >= 11 is 0. The molecule has 4 nitrogen and oxygen atoms in total. The van der Waals surface area contributed by atoms with Crippen LogP contribution in [0.5, 0.6) is 0 Å². The Hall–Kier alpha value is -1.32. The molecule has 2 saturated carbocycles. The Morgan fingerprint density at radius 1 is 1.29 bits per heavy atom. The molecule has 0 aromatic heterocycles. The van der Waals surface area contributed by atoms with Gasteiger partial charge in [0.05, 0.1) is 6.42 Å². The Kier molecular flexibility index (Phi) is 4.18. The summed E-state index contributed by atoms with van der Waals surface area (Å²) in [4.78, 5) is 23.2. The average molecular weight is 294 g/mol. The molecule has 0 heterocycles. The van der Waals surface area contributed by atoms with Crippen LogP contribution in [0.2, 0.25) is 0 Å². The van der Waals surface area contributed by atoms with E-state index < -0.39 is 5.97 Å². The number of carbonyl (C=O) groups is 2. The quantitative estimate of drug-likeness (QED) is 0.577. The normalized spacial score (nSPS) is 32.8. The minimum absolute atomic E-state index is 0.00408. The molecule has 2 aliphatic carbocycles. The van der Waals surface area contributed by atoms with Gasteiger partial charge in [-0.2, -0.15) is 0 Å². The van der Waals surface area contributed by atoms with Crippen molar-refractivity contribution < 1.29 is 19.1 Å². The summed E-state index contributed by atoms with van der Waals surface area (Å²) < 4.78 is 10.6. The Morgan fingerprint density at radius 3 is 2.43 bits per heavy atom. The van der Waals surface area contributed by atoms with Crippen LogP contribution in [0, 0.1) is 16.7 Å². The van der Waals surface area contributed by atoms with Gasteiger partial charge in [0.25, 0.3) is 0 Å². The van der Waals surface area contributed by atoms with Crippen molar-refractivity contribution in [3.8, 4) is 0 Å². The lowest BCUT2D eigenvalue weighted by atomic mass is 9.70. The van der Waals surface area contributed by atoms with Crippen LogP contribution < -0.4 is 0 Å². The van der Waals surface area contributed by atoms with E-state index in [4.69, 9.17) is 9.47 Å². The largest absolute Gasteiger partial charge is 0.462 e. The van der Waals surface area contributed by atoms with E-state index in [1.807, 2.05) is 0 Å². The Labute approximate surface area is 126 Å². The second-order valence-corrected chi connectivity index (χ2v) is 7.26. The molecular formula is C17H26O4. The smallest absolute Gasteiger partial charge is 0.333 e. The van der Waals surface area contributed by atoms with E-state index in [1.54, 1.807) is 6.92 Å². The summed E-state index contributed by atoms with van der Waals surface area (Å²) in [6.45, 7) is 11.9. The number of hydrogen-bond donors (Lipinski definition) is 0. The van der Waals surface area contributed by atoms with Crippen molar-refractivity contribution in [2.45, 2.75) is 59.5 Å². The topological polar surface area (TPSA) is 52.6 Å². The third-order valence-corrected chi connectivity index (χ3v) is 5.88. The van der Waals surface area contributed by atoms with Crippen molar-refractivity contribution in [1.82, 2.24) is 0 Å². The van der Waals surface area contributed by atoms with Gasteiger partial charge in [0.2, 0.25) is 0 Å². The third kappa shape index (κ3) is 2.72. The average Bonchev–Trinajstić information content (AvgIpc) is 2.71. The lowest BCUT2D eigenvalue weighted by Gasteiger charge is -2.38. The van der Waals surface area contributed by atoms with Crippen LogP contribution in [0.1, 0.15) is 53.4 Å². The third-order valence-electron chi connectivity index (χ3n) is 5.88. The molecule has 2 aliphatic rings. The molecule has 0 N–H and O–H groups in total. The van der Waals surface area contributed by atoms with Gasteiger partial charge in [-0.3, -0.25) is 4.79 Å². The van der Waals surface area contributed by atoms with E-state index >= 15 is 0 Å². The molecule has 2 fully saturated rings. The minimum atomic E-state index is -0.462. The van der Waals surface area contributed by atoms with Crippen molar-refractivity contribution in [3.05, 3.63) is 12.2 Å². The van der Waals surface area contributed by atoms with Gasteiger partial charge in [0, 0.05) is 11.0 Å². The number of carbonyl (C=O) groups excluding carboxylic acids is 2. The van der Waals surface area contributed by atoms with Crippen molar-refractivity contribution >= 4 is 11.9 Å². The summed E-state index contributed by atoms with van der Waals surface area (Å²) in [5.41, 5.74) is 0.636. The van der Waals surface area contributed by atoms with Crippen LogP contribution in [-0.2, 0) is 19.1 Å².